The van der Waals surface area contributed by atoms with Crippen LogP contribution in [0.2, 0.25) is 0 Å². The van der Waals surface area contributed by atoms with Crippen LogP contribution in [0.3, 0.4) is 0 Å². The first kappa shape index (κ1) is 20.9. The smallest absolute Gasteiger partial charge is 0.273 e. The van der Waals surface area contributed by atoms with E-state index in [0.717, 1.165) is 12.1 Å². The number of carbonyl (C=O) groups excluding carboxylic acids is 2. The Morgan fingerprint density at radius 3 is 2.50 bits per heavy atom. The molecule has 0 aliphatic carbocycles. The molecule has 0 aliphatic heterocycles. The largest absolute Gasteiger partial charge is 0.346 e. The Morgan fingerprint density at radius 1 is 1.11 bits per heavy atom. The molecule has 0 spiro atoms. The molecule has 0 fully saturated rings. The third kappa shape index (κ3) is 6.09. The van der Waals surface area contributed by atoms with Gasteiger partial charge in [0, 0.05) is 29.9 Å². The predicted octanol–water partition coefficient (Wildman–Crippen LogP) is 2.06. The molecule has 0 unspecified atom stereocenters. The molecule has 10 heteroatoms. The second kappa shape index (κ2) is 9.51. The number of halogens is 2. The van der Waals surface area contributed by atoms with E-state index in [1.54, 1.807) is 30.1 Å². The number of para-hydroxylation sites is 1. The van der Waals surface area contributed by atoms with Crippen LogP contribution in [-0.4, -0.2) is 41.8 Å². The van der Waals surface area contributed by atoms with E-state index in [-0.39, 0.29) is 31.0 Å². The fraction of sp³-hybridized carbons (Fsp3) is 0.222. The molecule has 2 N–H and O–H groups in total. The standard InChI is InChI=1S/C18H18F2N4O4/c1-23(10-12-4-2-3-5-16(12)24(27)28)11-18(26)21-9-17(25)22-13-6-7-14(19)15(20)8-13/h2-8H,9-11H2,1H3,(H,21,26)(H,22,25). The Balaban J connectivity index is 1.81. The van der Waals surface area contributed by atoms with Crippen LogP contribution in [0, 0.1) is 21.7 Å². The Bertz CT molecular complexity index is 892. The lowest BCUT2D eigenvalue weighted by molar-refractivity contribution is -0.385. The second-order valence-electron chi connectivity index (χ2n) is 6.01. The van der Waals surface area contributed by atoms with Crippen molar-refractivity contribution in [2.75, 3.05) is 25.5 Å². The zero-order chi connectivity index (χ0) is 20.7. The highest BCUT2D eigenvalue weighted by molar-refractivity contribution is 5.94. The normalized spacial score (nSPS) is 10.6. The van der Waals surface area contributed by atoms with E-state index in [1.165, 1.54) is 12.1 Å². The van der Waals surface area contributed by atoms with Gasteiger partial charge in [-0.3, -0.25) is 24.6 Å². The number of hydrogen-bond donors (Lipinski definition) is 2. The highest BCUT2D eigenvalue weighted by Crippen LogP contribution is 2.18. The second-order valence-corrected chi connectivity index (χ2v) is 6.01. The molecule has 0 heterocycles. The van der Waals surface area contributed by atoms with E-state index in [9.17, 15) is 28.5 Å². The van der Waals surface area contributed by atoms with Crippen LogP contribution in [0.1, 0.15) is 5.56 Å². The van der Waals surface area contributed by atoms with Crippen molar-refractivity contribution in [3.63, 3.8) is 0 Å². The van der Waals surface area contributed by atoms with E-state index in [2.05, 4.69) is 10.6 Å². The van der Waals surface area contributed by atoms with Crippen molar-refractivity contribution in [3.05, 3.63) is 69.8 Å². The zero-order valence-electron chi connectivity index (χ0n) is 14.9. The SMILES string of the molecule is CN(CC(=O)NCC(=O)Nc1ccc(F)c(F)c1)Cc1ccccc1[N+](=O)[O-]. The van der Waals surface area contributed by atoms with Crippen molar-refractivity contribution in [2.24, 2.45) is 0 Å². The van der Waals surface area contributed by atoms with Crippen molar-refractivity contribution in [1.29, 1.82) is 0 Å². The number of nitrogens with one attached hydrogen (secondary N) is 2. The van der Waals surface area contributed by atoms with Gasteiger partial charge in [-0.25, -0.2) is 8.78 Å². The molecule has 0 radical (unpaired) electrons. The number of likely N-dealkylation sites (N-methyl/N-ethyl adjacent to an activating group) is 1. The van der Waals surface area contributed by atoms with Gasteiger partial charge in [0.2, 0.25) is 11.8 Å². The van der Waals surface area contributed by atoms with Gasteiger partial charge in [0.15, 0.2) is 11.6 Å². The number of rotatable bonds is 8. The molecule has 0 bridgehead atoms. The molecule has 0 atom stereocenters. The Kier molecular flexibility index (Phi) is 7.10. The van der Waals surface area contributed by atoms with Gasteiger partial charge in [-0.15, -0.1) is 0 Å². The summed E-state index contributed by atoms with van der Waals surface area (Å²) in [6, 6.07) is 9.10. The van der Waals surface area contributed by atoms with Crippen molar-refractivity contribution in [1.82, 2.24) is 10.2 Å². The number of carbonyl (C=O) groups is 2. The summed E-state index contributed by atoms with van der Waals surface area (Å²) < 4.78 is 26.0. The first-order chi connectivity index (χ1) is 13.3. The minimum Gasteiger partial charge on any atom is -0.346 e. The quantitative estimate of drug-likeness (QED) is 0.529. The zero-order valence-corrected chi connectivity index (χ0v) is 14.9. The number of hydrogen-bond acceptors (Lipinski definition) is 5. The molecular weight excluding hydrogens is 374 g/mol. The highest BCUT2D eigenvalue weighted by atomic mass is 19.2. The van der Waals surface area contributed by atoms with E-state index < -0.39 is 28.4 Å². The predicted molar refractivity (Wildman–Crippen MR) is 97.4 cm³/mol. The van der Waals surface area contributed by atoms with E-state index >= 15 is 0 Å². The lowest BCUT2D eigenvalue weighted by Crippen LogP contribution is -2.39. The monoisotopic (exact) mass is 392 g/mol. The number of amides is 2. The highest BCUT2D eigenvalue weighted by Gasteiger charge is 2.16. The molecule has 28 heavy (non-hydrogen) atoms. The summed E-state index contributed by atoms with van der Waals surface area (Å²) in [6.45, 7) is -0.284. The van der Waals surface area contributed by atoms with Crippen LogP contribution in [0.15, 0.2) is 42.5 Å². The van der Waals surface area contributed by atoms with Crippen LogP contribution in [0.4, 0.5) is 20.2 Å². The number of nitro groups is 1. The van der Waals surface area contributed by atoms with Gasteiger partial charge in [0.25, 0.3) is 5.69 Å². The Morgan fingerprint density at radius 2 is 1.82 bits per heavy atom. The average Bonchev–Trinajstić information content (AvgIpc) is 2.63. The van der Waals surface area contributed by atoms with Gasteiger partial charge in [0.1, 0.15) is 0 Å². The molecule has 0 saturated heterocycles. The summed E-state index contributed by atoms with van der Waals surface area (Å²) in [6.07, 6.45) is 0. The van der Waals surface area contributed by atoms with Crippen molar-refractivity contribution < 1.29 is 23.3 Å². The molecule has 2 amide bonds. The molecule has 0 saturated carbocycles. The number of nitro benzene ring substituents is 1. The average molecular weight is 392 g/mol. The summed E-state index contributed by atoms with van der Waals surface area (Å²) in [5, 5.41) is 15.7. The molecule has 2 rings (SSSR count). The molecule has 0 aromatic heterocycles. The molecule has 2 aromatic rings. The van der Waals surface area contributed by atoms with E-state index in [0.29, 0.717) is 5.56 Å². The van der Waals surface area contributed by atoms with Gasteiger partial charge in [0.05, 0.1) is 18.0 Å². The third-order valence-corrected chi connectivity index (χ3v) is 3.69. The number of anilines is 1. The van der Waals surface area contributed by atoms with Crippen LogP contribution in [-0.2, 0) is 16.1 Å². The fourth-order valence-corrected chi connectivity index (χ4v) is 2.43. The number of benzene rings is 2. The van der Waals surface area contributed by atoms with Crippen molar-refractivity contribution in [3.8, 4) is 0 Å². The van der Waals surface area contributed by atoms with Gasteiger partial charge < -0.3 is 10.6 Å². The molecule has 8 nitrogen and oxygen atoms in total. The summed E-state index contributed by atoms with van der Waals surface area (Å²) in [5.74, 6) is -3.21. The fourth-order valence-electron chi connectivity index (χ4n) is 2.43. The first-order valence-electron chi connectivity index (χ1n) is 8.18. The number of nitrogens with zero attached hydrogens (tertiary/aromatic N) is 2. The molecule has 2 aromatic carbocycles. The minimum absolute atomic E-state index is 0.0411. The van der Waals surface area contributed by atoms with Gasteiger partial charge in [-0.05, 0) is 19.2 Å². The summed E-state index contributed by atoms with van der Waals surface area (Å²) in [7, 11) is 1.61. The summed E-state index contributed by atoms with van der Waals surface area (Å²) >= 11 is 0. The third-order valence-electron chi connectivity index (χ3n) is 3.69. The maximum Gasteiger partial charge on any atom is 0.273 e. The van der Waals surface area contributed by atoms with Gasteiger partial charge in [-0.2, -0.15) is 0 Å². The van der Waals surface area contributed by atoms with Crippen molar-refractivity contribution in [2.45, 2.75) is 6.54 Å². The molecule has 148 valence electrons. The van der Waals surface area contributed by atoms with Gasteiger partial charge >= 0.3 is 0 Å². The maximum absolute atomic E-state index is 13.1. The maximum atomic E-state index is 13.1. The lowest BCUT2D eigenvalue weighted by Gasteiger charge is -2.16. The van der Waals surface area contributed by atoms with Crippen LogP contribution in [0.5, 0.6) is 0 Å². The summed E-state index contributed by atoms with van der Waals surface area (Å²) in [5.41, 5.74) is 0.478. The van der Waals surface area contributed by atoms with Crippen molar-refractivity contribution >= 4 is 23.2 Å². The van der Waals surface area contributed by atoms with Crippen LogP contribution >= 0.6 is 0 Å². The molecule has 0 aliphatic rings. The van der Waals surface area contributed by atoms with Crippen LogP contribution in [0.25, 0.3) is 0 Å². The molecular formula is C18H18F2N4O4. The Labute approximate surface area is 159 Å². The first-order valence-corrected chi connectivity index (χ1v) is 8.18. The lowest BCUT2D eigenvalue weighted by atomic mass is 10.1. The van der Waals surface area contributed by atoms with E-state index in [1.807, 2.05) is 0 Å². The van der Waals surface area contributed by atoms with Gasteiger partial charge in [-0.1, -0.05) is 18.2 Å². The Hall–Kier alpha value is -3.40. The topological polar surface area (TPSA) is 105 Å². The summed E-state index contributed by atoms with van der Waals surface area (Å²) in [4.78, 5) is 35.8. The van der Waals surface area contributed by atoms with Crippen LogP contribution < -0.4 is 10.6 Å². The van der Waals surface area contributed by atoms with E-state index in [4.69, 9.17) is 0 Å². The minimum atomic E-state index is -1.10.